The standard InChI is InChI=1S/C12H18ClFN2/c1-15-6-3-7-16(2)9-10-4-5-12(14)11(13)8-10/h4-5,8,15H,3,6-7,9H2,1-2H3. The molecule has 16 heavy (non-hydrogen) atoms. The highest BCUT2D eigenvalue weighted by Gasteiger charge is 2.03. The topological polar surface area (TPSA) is 15.3 Å². The number of hydrogen-bond donors (Lipinski definition) is 1. The number of rotatable bonds is 6. The van der Waals surface area contributed by atoms with E-state index in [0.29, 0.717) is 0 Å². The molecule has 0 spiro atoms. The fourth-order valence-corrected chi connectivity index (χ4v) is 1.76. The molecule has 1 aromatic rings. The van der Waals surface area contributed by atoms with E-state index in [2.05, 4.69) is 10.2 Å². The smallest absolute Gasteiger partial charge is 0.141 e. The maximum atomic E-state index is 12.9. The summed E-state index contributed by atoms with van der Waals surface area (Å²) in [7, 11) is 3.99. The van der Waals surface area contributed by atoms with Crippen molar-refractivity contribution in [3.05, 3.63) is 34.6 Å². The average molecular weight is 245 g/mol. The highest BCUT2D eigenvalue weighted by atomic mass is 35.5. The van der Waals surface area contributed by atoms with Crippen molar-refractivity contribution in [1.82, 2.24) is 10.2 Å². The van der Waals surface area contributed by atoms with Crippen molar-refractivity contribution in [1.29, 1.82) is 0 Å². The highest BCUT2D eigenvalue weighted by Crippen LogP contribution is 2.16. The maximum Gasteiger partial charge on any atom is 0.141 e. The van der Waals surface area contributed by atoms with Gasteiger partial charge >= 0.3 is 0 Å². The molecule has 0 bridgehead atoms. The number of halogens is 2. The second-order valence-corrected chi connectivity index (χ2v) is 4.35. The third-order valence-corrected chi connectivity index (χ3v) is 2.69. The molecule has 0 amide bonds. The van der Waals surface area contributed by atoms with Gasteiger partial charge in [0.2, 0.25) is 0 Å². The van der Waals surface area contributed by atoms with Gasteiger partial charge in [0.25, 0.3) is 0 Å². The lowest BCUT2D eigenvalue weighted by Gasteiger charge is -2.16. The summed E-state index contributed by atoms with van der Waals surface area (Å²) in [6.45, 7) is 2.81. The molecule has 0 fully saturated rings. The van der Waals surface area contributed by atoms with Gasteiger partial charge in [0.1, 0.15) is 5.82 Å². The Bertz CT molecular complexity index is 331. The highest BCUT2D eigenvalue weighted by molar-refractivity contribution is 6.30. The summed E-state index contributed by atoms with van der Waals surface area (Å²) >= 11 is 5.72. The van der Waals surface area contributed by atoms with Gasteiger partial charge in [-0.1, -0.05) is 17.7 Å². The Labute approximate surface area is 101 Å². The molecular formula is C12H18ClFN2. The van der Waals surface area contributed by atoms with Crippen molar-refractivity contribution in [3.63, 3.8) is 0 Å². The Morgan fingerprint density at radius 3 is 2.81 bits per heavy atom. The van der Waals surface area contributed by atoms with Gasteiger partial charge < -0.3 is 10.2 Å². The van der Waals surface area contributed by atoms with Crippen LogP contribution in [0.2, 0.25) is 5.02 Å². The Balaban J connectivity index is 2.43. The van der Waals surface area contributed by atoms with E-state index < -0.39 is 0 Å². The first-order valence-electron chi connectivity index (χ1n) is 5.40. The summed E-state index contributed by atoms with van der Waals surface area (Å²) in [5.41, 5.74) is 1.04. The Hall–Kier alpha value is -0.640. The maximum absolute atomic E-state index is 12.9. The van der Waals surface area contributed by atoms with Gasteiger partial charge in [-0.15, -0.1) is 0 Å². The third kappa shape index (κ3) is 4.47. The molecule has 2 nitrogen and oxygen atoms in total. The molecule has 1 rings (SSSR count). The summed E-state index contributed by atoms with van der Waals surface area (Å²) in [5, 5.41) is 3.30. The second kappa shape index (κ2) is 6.84. The van der Waals surface area contributed by atoms with Crippen molar-refractivity contribution in [3.8, 4) is 0 Å². The Morgan fingerprint density at radius 1 is 1.44 bits per heavy atom. The molecule has 1 aromatic carbocycles. The second-order valence-electron chi connectivity index (χ2n) is 3.94. The van der Waals surface area contributed by atoms with Crippen LogP contribution in [0.1, 0.15) is 12.0 Å². The molecule has 1 N–H and O–H groups in total. The first kappa shape index (κ1) is 13.4. The molecule has 0 radical (unpaired) electrons. The molecule has 0 atom stereocenters. The number of hydrogen-bond acceptors (Lipinski definition) is 2. The molecule has 90 valence electrons. The van der Waals surface area contributed by atoms with Crippen LogP contribution in [0.3, 0.4) is 0 Å². The van der Waals surface area contributed by atoms with Gasteiger partial charge in [0.05, 0.1) is 5.02 Å². The van der Waals surface area contributed by atoms with E-state index in [4.69, 9.17) is 11.6 Å². The van der Waals surface area contributed by atoms with E-state index in [9.17, 15) is 4.39 Å². The van der Waals surface area contributed by atoms with Crippen LogP contribution in [-0.2, 0) is 6.54 Å². The van der Waals surface area contributed by atoms with Gasteiger partial charge in [-0.05, 0) is 51.3 Å². The lowest BCUT2D eigenvalue weighted by Crippen LogP contribution is -2.22. The van der Waals surface area contributed by atoms with Gasteiger partial charge in [0.15, 0.2) is 0 Å². The first-order chi connectivity index (χ1) is 7.63. The van der Waals surface area contributed by atoms with E-state index in [1.54, 1.807) is 12.1 Å². The van der Waals surface area contributed by atoms with Gasteiger partial charge in [-0.25, -0.2) is 4.39 Å². The Morgan fingerprint density at radius 2 is 2.19 bits per heavy atom. The van der Waals surface area contributed by atoms with Crippen LogP contribution in [0.15, 0.2) is 18.2 Å². The summed E-state index contributed by atoms with van der Waals surface area (Å²) < 4.78 is 12.9. The van der Waals surface area contributed by atoms with Crippen molar-refractivity contribution in [2.75, 3.05) is 27.2 Å². The zero-order chi connectivity index (χ0) is 12.0. The summed E-state index contributed by atoms with van der Waals surface area (Å²) in [6.07, 6.45) is 1.10. The molecule has 0 aliphatic rings. The summed E-state index contributed by atoms with van der Waals surface area (Å²) in [4.78, 5) is 2.20. The van der Waals surface area contributed by atoms with Crippen LogP contribution in [0, 0.1) is 5.82 Å². The van der Waals surface area contributed by atoms with Crippen molar-refractivity contribution in [2.45, 2.75) is 13.0 Å². The molecule has 0 unspecified atom stereocenters. The molecule has 0 saturated carbocycles. The zero-order valence-corrected chi connectivity index (χ0v) is 10.5. The van der Waals surface area contributed by atoms with Crippen LogP contribution >= 0.6 is 11.6 Å². The molecule has 0 aliphatic carbocycles. The van der Waals surface area contributed by atoms with Crippen LogP contribution in [-0.4, -0.2) is 32.1 Å². The lowest BCUT2D eigenvalue weighted by atomic mass is 10.2. The predicted octanol–water partition coefficient (Wildman–Crippen LogP) is 2.52. The first-order valence-corrected chi connectivity index (χ1v) is 5.78. The van der Waals surface area contributed by atoms with E-state index in [-0.39, 0.29) is 10.8 Å². The quantitative estimate of drug-likeness (QED) is 0.774. The molecule has 0 heterocycles. The minimum atomic E-state index is -0.358. The fourth-order valence-electron chi connectivity index (χ4n) is 1.55. The number of nitrogens with zero attached hydrogens (tertiary/aromatic N) is 1. The monoisotopic (exact) mass is 244 g/mol. The van der Waals surface area contributed by atoms with Gasteiger partial charge in [0, 0.05) is 6.54 Å². The predicted molar refractivity (Wildman–Crippen MR) is 66.3 cm³/mol. The minimum Gasteiger partial charge on any atom is -0.320 e. The van der Waals surface area contributed by atoms with E-state index >= 15 is 0 Å². The van der Waals surface area contributed by atoms with E-state index in [1.807, 2.05) is 14.1 Å². The summed E-state index contributed by atoms with van der Waals surface area (Å²) in [6, 6.07) is 4.88. The van der Waals surface area contributed by atoms with E-state index in [1.165, 1.54) is 6.07 Å². The molecule has 0 saturated heterocycles. The average Bonchev–Trinajstić information content (AvgIpc) is 2.24. The molecule has 4 heteroatoms. The van der Waals surface area contributed by atoms with Gasteiger partial charge in [-0.3, -0.25) is 0 Å². The van der Waals surface area contributed by atoms with Crippen molar-refractivity contribution in [2.24, 2.45) is 0 Å². The van der Waals surface area contributed by atoms with Crippen LogP contribution in [0.4, 0.5) is 4.39 Å². The summed E-state index contributed by atoms with van der Waals surface area (Å²) in [5.74, 6) is -0.358. The minimum absolute atomic E-state index is 0.195. The molecular weight excluding hydrogens is 227 g/mol. The Kier molecular flexibility index (Phi) is 5.74. The van der Waals surface area contributed by atoms with Gasteiger partial charge in [-0.2, -0.15) is 0 Å². The van der Waals surface area contributed by atoms with Crippen LogP contribution < -0.4 is 5.32 Å². The zero-order valence-electron chi connectivity index (χ0n) is 9.76. The van der Waals surface area contributed by atoms with Crippen molar-refractivity contribution < 1.29 is 4.39 Å². The number of benzene rings is 1. The third-order valence-electron chi connectivity index (χ3n) is 2.40. The number of nitrogens with one attached hydrogen (secondary N) is 1. The largest absolute Gasteiger partial charge is 0.320 e. The van der Waals surface area contributed by atoms with Crippen LogP contribution in [0.5, 0.6) is 0 Å². The van der Waals surface area contributed by atoms with Crippen LogP contribution in [0.25, 0.3) is 0 Å². The normalized spacial score (nSPS) is 11.1. The fraction of sp³-hybridized carbons (Fsp3) is 0.500. The van der Waals surface area contributed by atoms with Crippen molar-refractivity contribution >= 4 is 11.6 Å². The molecule has 0 aliphatic heterocycles. The lowest BCUT2D eigenvalue weighted by molar-refractivity contribution is 0.321. The SMILES string of the molecule is CNCCCN(C)Cc1ccc(F)c(Cl)c1. The van der Waals surface area contributed by atoms with E-state index in [0.717, 1.165) is 31.6 Å². The molecule has 0 aromatic heterocycles.